The van der Waals surface area contributed by atoms with Crippen molar-refractivity contribution in [2.75, 3.05) is 13.1 Å². The normalized spacial score (nSPS) is 22.2. The SMILES string of the molecule is Cc1ccc(S(=O)(=O)N2CCC(C(=O)NC(C(=O)NC3CC(C)(C)NC(C)(C)C3)C(C)C)CC2)cc1. The van der Waals surface area contributed by atoms with E-state index in [1.165, 1.54) is 4.31 Å². The third-order valence-corrected chi connectivity index (χ3v) is 9.18. The zero-order valence-corrected chi connectivity index (χ0v) is 23.7. The lowest BCUT2D eigenvalue weighted by Crippen LogP contribution is -2.63. The van der Waals surface area contributed by atoms with Crippen LogP contribution in [0.4, 0.5) is 0 Å². The number of aryl methyl sites for hydroxylation is 1. The van der Waals surface area contributed by atoms with E-state index >= 15 is 0 Å². The van der Waals surface area contributed by atoms with Crippen LogP contribution in [0.3, 0.4) is 0 Å². The average Bonchev–Trinajstić information content (AvgIpc) is 2.75. The van der Waals surface area contributed by atoms with E-state index in [1.807, 2.05) is 20.8 Å². The van der Waals surface area contributed by atoms with E-state index < -0.39 is 16.1 Å². The largest absolute Gasteiger partial charge is 0.351 e. The van der Waals surface area contributed by atoms with Gasteiger partial charge in [0, 0.05) is 36.1 Å². The maximum Gasteiger partial charge on any atom is 0.243 e. The highest BCUT2D eigenvalue weighted by atomic mass is 32.2. The minimum atomic E-state index is -3.58. The smallest absolute Gasteiger partial charge is 0.243 e. The van der Waals surface area contributed by atoms with Crippen molar-refractivity contribution in [3.63, 3.8) is 0 Å². The number of hydrogen-bond donors (Lipinski definition) is 3. The fraction of sp³-hybridized carbons (Fsp3) is 0.704. The Hall–Kier alpha value is -1.97. The van der Waals surface area contributed by atoms with E-state index in [1.54, 1.807) is 24.3 Å². The molecule has 0 spiro atoms. The van der Waals surface area contributed by atoms with Crippen LogP contribution in [-0.4, -0.2) is 60.8 Å². The quantitative estimate of drug-likeness (QED) is 0.512. The van der Waals surface area contributed by atoms with Gasteiger partial charge >= 0.3 is 0 Å². The van der Waals surface area contributed by atoms with Crippen molar-refractivity contribution in [2.45, 2.75) is 102 Å². The zero-order valence-electron chi connectivity index (χ0n) is 22.8. The molecule has 1 atom stereocenters. The van der Waals surface area contributed by atoms with E-state index in [0.717, 1.165) is 18.4 Å². The van der Waals surface area contributed by atoms with Crippen LogP contribution < -0.4 is 16.0 Å². The molecule has 2 fully saturated rings. The Morgan fingerprint density at radius 2 is 1.53 bits per heavy atom. The molecule has 0 bridgehead atoms. The summed E-state index contributed by atoms with van der Waals surface area (Å²) in [5.74, 6) is -0.725. The Kier molecular flexibility index (Phi) is 8.57. The van der Waals surface area contributed by atoms with Gasteiger partial charge in [0.2, 0.25) is 21.8 Å². The van der Waals surface area contributed by atoms with Crippen molar-refractivity contribution in [1.29, 1.82) is 0 Å². The Morgan fingerprint density at radius 1 is 1.00 bits per heavy atom. The molecule has 1 aromatic carbocycles. The minimum Gasteiger partial charge on any atom is -0.351 e. The molecular formula is C27H44N4O4S. The first-order valence-electron chi connectivity index (χ1n) is 13.1. The first kappa shape index (κ1) is 28.6. The number of rotatable bonds is 7. The number of piperidine rings is 2. The van der Waals surface area contributed by atoms with E-state index in [9.17, 15) is 18.0 Å². The number of carbonyl (C=O) groups is 2. The summed E-state index contributed by atoms with van der Waals surface area (Å²) in [5, 5.41) is 9.78. The van der Waals surface area contributed by atoms with Gasteiger partial charge in [0.25, 0.3) is 0 Å². The summed E-state index contributed by atoms with van der Waals surface area (Å²) in [4.78, 5) is 26.6. The van der Waals surface area contributed by atoms with Crippen LogP contribution in [0.5, 0.6) is 0 Å². The molecule has 1 unspecified atom stereocenters. The molecule has 0 aromatic heterocycles. The Morgan fingerprint density at radius 3 is 2.03 bits per heavy atom. The summed E-state index contributed by atoms with van der Waals surface area (Å²) < 4.78 is 27.4. The molecule has 2 aliphatic heterocycles. The van der Waals surface area contributed by atoms with Gasteiger partial charge in [0.1, 0.15) is 6.04 Å². The topological polar surface area (TPSA) is 108 Å². The summed E-state index contributed by atoms with van der Waals surface area (Å²) in [6.07, 6.45) is 2.49. The second-order valence-corrected chi connectivity index (χ2v) is 14.2. The molecule has 0 aliphatic carbocycles. The van der Waals surface area contributed by atoms with Crippen molar-refractivity contribution < 1.29 is 18.0 Å². The molecule has 3 rings (SSSR count). The highest BCUT2D eigenvalue weighted by Crippen LogP contribution is 2.29. The molecule has 2 amide bonds. The number of carbonyl (C=O) groups excluding carboxylic acids is 2. The van der Waals surface area contributed by atoms with E-state index in [0.29, 0.717) is 12.8 Å². The fourth-order valence-corrected chi connectivity index (χ4v) is 7.21. The van der Waals surface area contributed by atoms with Crippen LogP contribution in [0.25, 0.3) is 0 Å². The molecule has 36 heavy (non-hydrogen) atoms. The van der Waals surface area contributed by atoms with Crippen LogP contribution in [0.2, 0.25) is 0 Å². The molecule has 0 radical (unpaired) electrons. The number of hydrogen-bond acceptors (Lipinski definition) is 5. The van der Waals surface area contributed by atoms with Crippen molar-refractivity contribution in [3.05, 3.63) is 29.8 Å². The molecule has 2 heterocycles. The molecular weight excluding hydrogens is 476 g/mol. The number of nitrogens with one attached hydrogen (secondary N) is 3. The molecule has 0 saturated carbocycles. The first-order chi connectivity index (χ1) is 16.6. The Balaban J connectivity index is 1.58. The standard InChI is InChI=1S/C27H44N4O4S/c1-18(2)23(25(33)28-21-16-26(4,5)30-27(6,7)17-21)29-24(32)20-12-14-31(15-13-20)36(34,35)22-10-8-19(3)9-11-22/h8-11,18,20-21,23,30H,12-17H2,1-7H3,(H,28,33)(H,29,32). The Labute approximate surface area is 217 Å². The second-order valence-electron chi connectivity index (χ2n) is 12.2. The number of nitrogens with zero attached hydrogens (tertiary/aromatic N) is 1. The first-order valence-corrected chi connectivity index (χ1v) is 14.5. The monoisotopic (exact) mass is 520 g/mol. The lowest BCUT2D eigenvalue weighted by molar-refractivity contribution is -0.133. The van der Waals surface area contributed by atoms with E-state index in [2.05, 4.69) is 43.6 Å². The highest BCUT2D eigenvalue weighted by molar-refractivity contribution is 7.89. The lowest BCUT2D eigenvalue weighted by atomic mass is 9.79. The molecule has 2 aliphatic rings. The lowest BCUT2D eigenvalue weighted by Gasteiger charge is -2.47. The van der Waals surface area contributed by atoms with Gasteiger partial charge in [0.05, 0.1) is 4.90 Å². The zero-order chi connectivity index (χ0) is 26.9. The number of sulfonamides is 1. The minimum absolute atomic E-state index is 0.0251. The van der Waals surface area contributed by atoms with Crippen LogP contribution in [0.15, 0.2) is 29.2 Å². The fourth-order valence-electron chi connectivity index (χ4n) is 5.74. The van der Waals surface area contributed by atoms with Gasteiger partial charge in [-0.2, -0.15) is 4.31 Å². The summed E-state index contributed by atoms with van der Waals surface area (Å²) >= 11 is 0. The van der Waals surface area contributed by atoms with Crippen LogP contribution in [0.1, 0.15) is 72.8 Å². The van der Waals surface area contributed by atoms with E-state index in [-0.39, 0.29) is 58.8 Å². The van der Waals surface area contributed by atoms with E-state index in [4.69, 9.17) is 0 Å². The van der Waals surface area contributed by atoms with Crippen molar-refractivity contribution in [3.8, 4) is 0 Å². The van der Waals surface area contributed by atoms with Crippen molar-refractivity contribution in [1.82, 2.24) is 20.3 Å². The summed E-state index contributed by atoms with van der Waals surface area (Å²) in [5.41, 5.74) is 0.812. The maximum atomic E-state index is 13.2. The van der Waals surface area contributed by atoms with Crippen molar-refractivity contribution >= 4 is 21.8 Å². The second kappa shape index (κ2) is 10.8. The average molecular weight is 521 g/mol. The molecule has 9 heteroatoms. The van der Waals surface area contributed by atoms with Gasteiger partial charge in [0.15, 0.2) is 0 Å². The van der Waals surface area contributed by atoms with Gasteiger partial charge in [-0.3, -0.25) is 9.59 Å². The van der Waals surface area contributed by atoms with Crippen molar-refractivity contribution in [2.24, 2.45) is 11.8 Å². The Bertz CT molecular complexity index is 1030. The van der Waals surface area contributed by atoms with Gasteiger partial charge < -0.3 is 16.0 Å². The molecule has 202 valence electrons. The van der Waals surface area contributed by atoms with Gasteiger partial charge in [-0.1, -0.05) is 31.5 Å². The molecule has 8 nitrogen and oxygen atoms in total. The van der Waals surface area contributed by atoms with Crippen LogP contribution in [-0.2, 0) is 19.6 Å². The summed E-state index contributed by atoms with van der Waals surface area (Å²) in [6, 6.07) is 6.22. The van der Waals surface area contributed by atoms with Gasteiger partial charge in [-0.25, -0.2) is 8.42 Å². The van der Waals surface area contributed by atoms with Crippen LogP contribution >= 0.6 is 0 Å². The molecule has 3 N–H and O–H groups in total. The van der Waals surface area contributed by atoms with Crippen LogP contribution in [0, 0.1) is 18.8 Å². The highest BCUT2D eigenvalue weighted by Gasteiger charge is 2.40. The molecule has 1 aromatic rings. The number of benzene rings is 1. The number of amides is 2. The van der Waals surface area contributed by atoms with Gasteiger partial charge in [-0.15, -0.1) is 0 Å². The predicted octanol–water partition coefficient (Wildman–Crippen LogP) is 2.96. The maximum absolute atomic E-state index is 13.2. The summed E-state index contributed by atoms with van der Waals surface area (Å²) in [7, 11) is -3.58. The third-order valence-electron chi connectivity index (χ3n) is 7.27. The predicted molar refractivity (Wildman–Crippen MR) is 142 cm³/mol. The van der Waals surface area contributed by atoms with Gasteiger partial charge in [-0.05, 0) is 78.4 Å². The molecule has 2 saturated heterocycles. The summed E-state index contributed by atoms with van der Waals surface area (Å²) in [6.45, 7) is 14.9. The third kappa shape index (κ3) is 7.07.